The Balaban J connectivity index is 2.00. The number of imide groups is 1. The van der Waals surface area contributed by atoms with Crippen LogP contribution in [0.25, 0.3) is 10.8 Å². The zero-order valence-electron chi connectivity index (χ0n) is 11.7. The van der Waals surface area contributed by atoms with Crippen LogP contribution in [0.5, 0.6) is 0 Å². The van der Waals surface area contributed by atoms with E-state index in [4.69, 9.17) is 0 Å². The molecule has 1 N–H and O–H groups in total. The predicted molar refractivity (Wildman–Crippen MR) is 83.7 cm³/mol. The number of thioether (sulfide) groups is 1. The van der Waals surface area contributed by atoms with Gasteiger partial charge < -0.3 is 4.90 Å². The van der Waals surface area contributed by atoms with E-state index in [1.165, 1.54) is 11.8 Å². The first kappa shape index (κ1) is 13.7. The minimum atomic E-state index is -0.340. The highest BCUT2D eigenvalue weighted by Crippen LogP contribution is 2.34. The van der Waals surface area contributed by atoms with Crippen molar-refractivity contribution >= 4 is 34.3 Å². The molecule has 0 bridgehead atoms. The van der Waals surface area contributed by atoms with Crippen molar-refractivity contribution in [2.45, 2.75) is 4.90 Å². The van der Waals surface area contributed by atoms with Gasteiger partial charge in [-0.2, -0.15) is 0 Å². The van der Waals surface area contributed by atoms with Gasteiger partial charge in [0.1, 0.15) is 10.6 Å². The Morgan fingerprint density at radius 2 is 1.67 bits per heavy atom. The van der Waals surface area contributed by atoms with E-state index in [-0.39, 0.29) is 11.8 Å². The molecule has 0 spiro atoms. The van der Waals surface area contributed by atoms with E-state index in [0.29, 0.717) is 10.6 Å². The van der Waals surface area contributed by atoms with E-state index in [1.807, 2.05) is 42.5 Å². The van der Waals surface area contributed by atoms with E-state index in [1.54, 1.807) is 19.0 Å². The lowest BCUT2D eigenvalue weighted by Crippen LogP contribution is -2.26. The van der Waals surface area contributed by atoms with Crippen molar-refractivity contribution in [1.29, 1.82) is 0 Å². The number of likely N-dealkylation sites (N-methyl/N-ethyl adjacent to an activating group) is 1. The first-order valence-corrected chi connectivity index (χ1v) is 7.32. The number of amides is 2. The quantitative estimate of drug-likeness (QED) is 0.884. The van der Waals surface area contributed by atoms with Gasteiger partial charge in [-0.25, -0.2) is 0 Å². The van der Waals surface area contributed by atoms with Gasteiger partial charge in [-0.3, -0.25) is 14.9 Å². The van der Waals surface area contributed by atoms with Crippen LogP contribution < -0.4 is 5.32 Å². The van der Waals surface area contributed by atoms with Gasteiger partial charge in [0, 0.05) is 19.0 Å². The minimum Gasteiger partial charge on any atom is -0.372 e. The molecule has 1 aliphatic rings. The third-order valence-corrected chi connectivity index (χ3v) is 4.32. The molecule has 0 saturated carbocycles. The van der Waals surface area contributed by atoms with Crippen LogP contribution in [0, 0.1) is 0 Å². The standard InChI is InChI=1S/C16H14N2O2S/c1-18(2)13-14(16(20)17-15(13)19)21-12-8-7-10-5-3-4-6-11(10)9-12/h3-9H,1-2H3,(H,17,19,20). The Kier molecular flexibility index (Phi) is 3.43. The number of rotatable bonds is 3. The molecule has 1 heterocycles. The average Bonchev–Trinajstić information content (AvgIpc) is 2.73. The number of carbonyl (C=O) groups is 2. The normalized spacial score (nSPS) is 14.8. The van der Waals surface area contributed by atoms with Crippen molar-refractivity contribution in [3.8, 4) is 0 Å². The molecule has 2 amide bonds. The van der Waals surface area contributed by atoms with E-state index in [0.717, 1.165) is 15.7 Å². The Labute approximate surface area is 126 Å². The zero-order chi connectivity index (χ0) is 15.0. The molecule has 2 aromatic carbocycles. The largest absolute Gasteiger partial charge is 0.372 e. The zero-order valence-corrected chi connectivity index (χ0v) is 12.5. The van der Waals surface area contributed by atoms with Crippen molar-refractivity contribution < 1.29 is 9.59 Å². The van der Waals surface area contributed by atoms with Gasteiger partial charge in [-0.05, 0) is 22.9 Å². The lowest BCUT2D eigenvalue weighted by molar-refractivity contribution is -0.124. The predicted octanol–water partition coefficient (Wildman–Crippen LogP) is 2.36. The van der Waals surface area contributed by atoms with Gasteiger partial charge >= 0.3 is 0 Å². The molecule has 0 unspecified atom stereocenters. The summed E-state index contributed by atoms with van der Waals surface area (Å²) in [7, 11) is 3.52. The number of benzene rings is 2. The van der Waals surface area contributed by atoms with Gasteiger partial charge in [0.15, 0.2) is 0 Å². The molecule has 0 aromatic heterocycles. The number of fused-ring (bicyclic) bond motifs is 1. The summed E-state index contributed by atoms with van der Waals surface area (Å²) in [5.41, 5.74) is 0.415. The molecule has 4 nitrogen and oxygen atoms in total. The highest BCUT2D eigenvalue weighted by molar-refractivity contribution is 8.04. The summed E-state index contributed by atoms with van der Waals surface area (Å²) >= 11 is 1.32. The average molecular weight is 298 g/mol. The maximum Gasteiger partial charge on any atom is 0.275 e. The summed E-state index contributed by atoms with van der Waals surface area (Å²) in [6.45, 7) is 0. The van der Waals surface area contributed by atoms with Crippen LogP contribution in [0.3, 0.4) is 0 Å². The molecule has 0 atom stereocenters. The minimum absolute atomic E-state index is 0.332. The van der Waals surface area contributed by atoms with Gasteiger partial charge in [-0.15, -0.1) is 0 Å². The molecular formula is C16H14N2O2S. The topological polar surface area (TPSA) is 49.4 Å². The number of nitrogens with zero attached hydrogens (tertiary/aromatic N) is 1. The summed E-state index contributed by atoms with van der Waals surface area (Å²) in [6, 6.07) is 14.0. The van der Waals surface area contributed by atoms with Crippen molar-refractivity contribution in [2.75, 3.05) is 14.1 Å². The third-order valence-electron chi connectivity index (χ3n) is 3.25. The Morgan fingerprint density at radius 3 is 2.38 bits per heavy atom. The molecule has 106 valence electrons. The summed E-state index contributed by atoms with van der Waals surface area (Å²) in [5.74, 6) is -0.671. The Morgan fingerprint density at radius 1 is 0.952 bits per heavy atom. The Hall–Kier alpha value is -2.27. The van der Waals surface area contributed by atoms with Crippen molar-refractivity contribution in [1.82, 2.24) is 10.2 Å². The fourth-order valence-corrected chi connectivity index (χ4v) is 3.35. The monoisotopic (exact) mass is 298 g/mol. The molecule has 1 aliphatic heterocycles. The summed E-state index contributed by atoms with van der Waals surface area (Å²) in [5, 5.41) is 4.60. The molecule has 0 aliphatic carbocycles. The van der Waals surface area contributed by atoms with Gasteiger partial charge in [0.05, 0.1) is 0 Å². The van der Waals surface area contributed by atoms with Crippen LogP contribution in [-0.2, 0) is 9.59 Å². The summed E-state index contributed by atoms with van der Waals surface area (Å²) in [6.07, 6.45) is 0. The number of hydrogen-bond donors (Lipinski definition) is 1. The molecule has 0 fully saturated rings. The van der Waals surface area contributed by atoms with Gasteiger partial charge in [0.25, 0.3) is 11.8 Å². The fourth-order valence-electron chi connectivity index (χ4n) is 2.28. The lowest BCUT2D eigenvalue weighted by atomic mass is 10.1. The van der Waals surface area contributed by atoms with Crippen LogP contribution in [-0.4, -0.2) is 30.8 Å². The first-order valence-electron chi connectivity index (χ1n) is 6.50. The number of carbonyl (C=O) groups excluding carboxylic acids is 2. The highest BCUT2D eigenvalue weighted by atomic mass is 32.2. The lowest BCUT2D eigenvalue weighted by Gasteiger charge is -2.12. The number of nitrogens with one attached hydrogen (secondary N) is 1. The maximum atomic E-state index is 11.9. The molecule has 3 rings (SSSR count). The highest BCUT2D eigenvalue weighted by Gasteiger charge is 2.32. The van der Waals surface area contributed by atoms with Crippen molar-refractivity contribution in [3.63, 3.8) is 0 Å². The van der Waals surface area contributed by atoms with E-state index < -0.39 is 0 Å². The van der Waals surface area contributed by atoms with Gasteiger partial charge in [-0.1, -0.05) is 42.1 Å². The van der Waals surface area contributed by atoms with Crippen molar-refractivity contribution in [3.05, 3.63) is 53.1 Å². The molecule has 2 aromatic rings. The molecule has 21 heavy (non-hydrogen) atoms. The molecular weight excluding hydrogens is 284 g/mol. The second-order valence-electron chi connectivity index (χ2n) is 4.97. The summed E-state index contributed by atoms with van der Waals surface area (Å²) < 4.78 is 0. The van der Waals surface area contributed by atoms with Gasteiger partial charge in [0.2, 0.25) is 0 Å². The van der Waals surface area contributed by atoms with Crippen LogP contribution in [0.15, 0.2) is 58.0 Å². The molecule has 0 saturated heterocycles. The van der Waals surface area contributed by atoms with Crippen LogP contribution in [0.4, 0.5) is 0 Å². The number of hydrogen-bond acceptors (Lipinski definition) is 4. The van der Waals surface area contributed by atoms with Crippen LogP contribution >= 0.6 is 11.8 Å². The van der Waals surface area contributed by atoms with Crippen molar-refractivity contribution in [2.24, 2.45) is 0 Å². The maximum absolute atomic E-state index is 11.9. The summed E-state index contributed by atoms with van der Waals surface area (Å²) in [4.78, 5) is 26.8. The third kappa shape index (κ3) is 2.52. The second kappa shape index (κ2) is 5.26. The van der Waals surface area contributed by atoms with Crippen LogP contribution in [0.1, 0.15) is 0 Å². The van der Waals surface area contributed by atoms with E-state index in [2.05, 4.69) is 5.32 Å². The van der Waals surface area contributed by atoms with E-state index in [9.17, 15) is 9.59 Å². The Bertz CT molecular complexity index is 781. The molecule has 5 heteroatoms. The second-order valence-corrected chi connectivity index (χ2v) is 6.05. The van der Waals surface area contributed by atoms with Crippen LogP contribution in [0.2, 0.25) is 0 Å². The fraction of sp³-hybridized carbons (Fsp3) is 0.125. The smallest absolute Gasteiger partial charge is 0.275 e. The molecule has 0 radical (unpaired) electrons. The van der Waals surface area contributed by atoms with E-state index >= 15 is 0 Å². The SMILES string of the molecule is CN(C)C1=C(Sc2ccc3ccccc3c2)C(=O)NC1=O. The first-order chi connectivity index (χ1) is 10.1.